The summed E-state index contributed by atoms with van der Waals surface area (Å²) in [4.78, 5) is 76.2. The van der Waals surface area contributed by atoms with Gasteiger partial charge >= 0.3 is 0 Å². The van der Waals surface area contributed by atoms with E-state index in [2.05, 4.69) is 101 Å². The van der Waals surface area contributed by atoms with Gasteiger partial charge in [-0.15, -0.1) is 0 Å². The summed E-state index contributed by atoms with van der Waals surface area (Å²) in [5, 5.41) is 38.8. The van der Waals surface area contributed by atoms with Crippen LogP contribution < -0.4 is 9.80 Å². The van der Waals surface area contributed by atoms with Crippen molar-refractivity contribution in [3.05, 3.63) is 389 Å². The van der Waals surface area contributed by atoms with Gasteiger partial charge in [0, 0.05) is 97.1 Å². The molecular weight excluding hydrogens is 1510 g/mol. The Labute approximate surface area is 720 Å². The number of carbonyl (C=O) groups excluding carboxylic acids is 4. The van der Waals surface area contributed by atoms with Gasteiger partial charge in [0.2, 0.25) is 0 Å². The summed E-state index contributed by atoms with van der Waals surface area (Å²) >= 11 is 0. The molecule has 4 N–H and O–H groups in total. The summed E-state index contributed by atoms with van der Waals surface area (Å²) in [5.41, 5.74) is 28.8. The highest BCUT2D eigenvalue weighted by molar-refractivity contribution is 6.22. The Hall–Kier alpha value is -13.2. The van der Waals surface area contributed by atoms with Crippen molar-refractivity contribution < 1.29 is 39.6 Å². The van der Waals surface area contributed by atoms with Crippen LogP contribution in [0.2, 0.25) is 0 Å². The largest absolute Gasteiger partial charge is 0.508 e. The van der Waals surface area contributed by atoms with Crippen molar-refractivity contribution >= 4 is 57.6 Å². The molecule has 14 heteroatoms. The number of carbonyl (C=O) groups is 4. The van der Waals surface area contributed by atoms with Gasteiger partial charge in [-0.2, -0.15) is 0 Å². The first-order valence-electron chi connectivity index (χ1n) is 42.8. The van der Waals surface area contributed by atoms with Crippen LogP contribution in [0.4, 0.5) is 11.4 Å². The van der Waals surface area contributed by atoms with Crippen LogP contribution in [0.3, 0.4) is 0 Å². The highest BCUT2D eigenvalue weighted by Gasteiger charge is 2.34. The number of fused-ring (bicyclic) bond motifs is 4. The van der Waals surface area contributed by atoms with Gasteiger partial charge in [0.15, 0.2) is 11.6 Å². The first-order valence-corrected chi connectivity index (χ1v) is 42.8. The van der Waals surface area contributed by atoms with Crippen molar-refractivity contribution in [3.63, 3.8) is 0 Å². The van der Waals surface area contributed by atoms with Gasteiger partial charge in [-0.05, 0) is 242 Å². The zero-order valence-corrected chi connectivity index (χ0v) is 72.9. The summed E-state index contributed by atoms with van der Waals surface area (Å²) < 4.78 is 0. The first-order chi connectivity index (χ1) is 59.0. The van der Waals surface area contributed by atoms with Gasteiger partial charge in [-0.3, -0.25) is 39.1 Å². The van der Waals surface area contributed by atoms with E-state index < -0.39 is 24.2 Å². The molecule has 4 unspecified atom stereocenters. The van der Waals surface area contributed by atoms with E-state index in [1.54, 1.807) is 58.3 Å². The SMILES string of the molecule is CC.CC.CCc1ccc(CC2N=C(c3ccc(O)cc3)c3cc(C)ccc3CC2=O)cc1CC.CCc1ccc(CC2N=C(c3ccc(O)cc3)c3cc(C)ccc3N(C)C2=O)cc1CC.Cc1ccc2c(c1)C(c1ccc(O)cc1)=NC(Cc1ccccc1)C(=O)C2.Cc1ccc2c(c1)C(c1ccc(O)cc1)=NC(Cc1ccccc1)C(=O)N2C. The Morgan fingerprint density at radius 2 is 0.566 bits per heavy atom. The van der Waals surface area contributed by atoms with Crippen molar-refractivity contribution in [3.8, 4) is 23.0 Å². The lowest BCUT2D eigenvalue weighted by atomic mass is 9.93. The Balaban J connectivity index is 0.000000157. The van der Waals surface area contributed by atoms with E-state index in [1.165, 1.54) is 22.3 Å². The van der Waals surface area contributed by atoms with Crippen LogP contribution in [-0.4, -0.2) is 105 Å². The lowest BCUT2D eigenvalue weighted by Crippen LogP contribution is -2.36. The van der Waals surface area contributed by atoms with E-state index in [4.69, 9.17) is 20.0 Å². The number of amides is 2. The van der Waals surface area contributed by atoms with Gasteiger partial charge < -0.3 is 30.2 Å². The number of Topliss-reactive ketones (excluding diaryl/α,β-unsaturated/α-hetero) is 2. The molecule has 0 spiro atoms. The molecule has 0 fully saturated rings. The van der Waals surface area contributed by atoms with E-state index in [0.717, 1.165) is 160 Å². The highest BCUT2D eigenvalue weighted by Crippen LogP contribution is 2.35. The van der Waals surface area contributed by atoms with E-state index in [0.29, 0.717) is 38.5 Å². The number of benzene rings is 12. The quantitative estimate of drug-likeness (QED) is 0.0731. The maximum absolute atomic E-state index is 13.5. The summed E-state index contributed by atoms with van der Waals surface area (Å²) in [6.07, 6.45) is 7.05. The van der Waals surface area contributed by atoms with Crippen molar-refractivity contribution in [2.24, 2.45) is 20.0 Å². The number of phenols is 4. The molecule has 4 heterocycles. The summed E-state index contributed by atoms with van der Waals surface area (Å²) in [5.74, 6) is 1.10. The maximum atomic E-state index is 13.5. The molecule has 4 aliphatic heterocycles. The molecule has 0 saturated carbocycles. The Kier molecular flexibility index (Phi) is 30.9. The molecule has 4 aliphatic rings. The zero-order valence-electron chi connectivity index (χ0n) is 72.9. The molecule has 12 aromatic rings. The van der Waals surface area contributed by atoms with Gasteiger partial charge in [-0.1, -0.05) is 211 Å². The monoisotopic (exact) mass is 1620 g/mol. The number of ketones is 2. The minimum Gasteiger partial charge on any atom is -0.508 e. The number of hydrogen-bond donors (Lipinski definition) is 4. The number of aromatic hydroxyl groups is 4. The van der Waals surface area contributed by atoms with Crippen LogP contribution in [0.1, 0.15) is 178 Å². The van der Waals surface area contributed by atoms with Crippen LogP contribution in [0.25, 0.3) is 0 Å². The second-order valence-electron chi connectivity index (χ2n) is 31.0. The molecule has 0 bridgehead atoms. The number of likely N-dealkylation sites (N-methyl/N-ethyl adjacent to an activating group) is 2. The van der Waals surface area contributed by atoms with Crippen LogP contribution in [0, 0.1) is 27.7 Å². The van der Waals surface area contributed by atoms with Crippen molar-refractivity contribution in [2.75, 3.05) is 23.9 Å². The Morgan fingerprint density at radius 3 is 0.885 bits per heavy atom. The Bertz CT molecular complexity index is 5790. The lowest BCUT2D eigenvalue weighted by molar-refractivity contribution is -0.120. The predicted octanol–water partition coefficient (Wildman–Crippen LogP) is 21.1. The molecule has 16 rings (SSSR count). The Morgan fingerprint density at radius 1 is 0.295 bits per heavy atom. The third-order valence-electron chi connectivity index (χ3n) is 22.5. The second kappa shape index (κ2) is 42.1. The average molecular weight is 1620 g/mol. The lowest BCUT2D eigenvalue weighted by Gasteiger charge is -2.21. The minimum atomic E-state index is -0.520. The number of aryl methyl sites for hydroxylation is 8. The van der Waals surface area contributed by atoms with Gasteiger partial charge in [0.25, 0.3) is 11.8 Å². The molecule has 0 saturated heterocycles. The van der Waals surface area contributed by atoms with E-state index >= 15 is 0 Å². The van der Waals surface area contributed by atoms with E-state index in [1.807, 2.05) is 214 Å². The molecule has 4 atom stereocenters. The standard InChI is InChI=1S/C28H30N2O2.C28H29NO2.C24H22N2O2.C24H21NO2.2C2H6/c1-5-20-9-8-19(16-21(20)6-2)17-25-28(32)30(4)26-14-7-18(3)15-24(26)27(29-25)22-10-12-23(31)13-11-22;1-4-20-9-7-19(15-21(20)5-2)16-26-27(31)17-23-8-6-18(3)14-25(23)28(29-26)22-10-12-24(30)13-11-22;1-16-8-13-22-20(14-16)23(18-9-11-19(27)12-10-18)25-21(24(28)26(22)2)15-17-6-4-3-5-7-17;1-16-7-8-19-15-23(27)22(14-17-5-3-2-4-6-17)25-24(21(19)13-16)18-9-11-20(26)12-10-18;2*1-2/h7-16,25,31H,5-6,17H2,1-4H3;6-15,26,30H,4-5,16-17H2,1-3H3;3-14,21,27H,15H2,1-2H3;2-13,22,26H,14-15H2,1H3;2*1-2H3. The summed E-state index contributed by atoms with van der Waals surface area (Å²) in [6.45, 7) is 24.9. The number of nitrogens with zero attached hydrogens (tertiary/aromatic N) is 6. The number of aliphatic imine (C=N–C) groups is 4. The number of anilines is 2. The highest BCUT2D eigenvalue weighted by atomic mass is 16.3. The third-order valence-corrected chi connectivity index (χ3v) is 22.5. The summed E-state index contributed by atoms with van der Waals surface area (Å²) in [6, 6.07) is 83.9. The van der Waals surface area contributed by atoms with Crippen molar-refractivity contribution in [1.29, 1.82) is 0 Å². The van der Waals surface area contributed by atoms with E-state index in [-0.39, 0.29) is 46.4 Å². The molecule has 0 aromatic heterocycles. The molecular formula is C108H114N6O8. The summed E-state index contributed by atoms with van der Waals surface area (Å²) in [7, 11) is 3.64. The fourth-order valence-corrected chi connectivity index (χ4v) is 15.9. The predicted molar refractivity (Wildman–Crippen MR) is 500 cm³/mol. The van der Waals surface area contributed by atoms with Crippen LogP contribution >= 0.6 is 0 Å². The van der Waals surface area contributed by atoms with Gasteiger partial charge in [-0.25, -0.2) is 0 Å². The normalized spacial score (nSPS) is 15.7. The number of benzodiazepines with no additional fused rings is 2. The number of hydrogen-bond acceptors (Lipinski definition) is 12. The second-order valence-corrected chi connectivity index (χ2v) is 31.0. The fraction of sp³-hybridized carbons (Fsp3) is 0.259. The van der Waals surface area contributed by atoms with Crippen LogP contribution in [0.5, 0.6) is 23.0 Å². The third kappa shape index (κ3) is 22.1. The van der Waals surface area contributed by atoms with Crippen LogP contribution in [-0.2, 0) is 83.4 Å². The van der Waals surface area contributed by atoms with E-state index in [9.17, 15) is 39.6 Å². The molecule has 0 aliphatic carbocycles. The van der Waals surface area contributed by atoms with Crippen molar-refractivity contribution in [1.82, 2.24) is 0 Å². The first kappa shape index (κ1) is 89.6. The number of phenolic OH excluding ortho intramolecular Hbond substituents is 4. The molecule has 624 valence electrons. The minimum absolute atomic E-state index is 0.0125. The molecule has 0 radical (unpaired) electrons. The molecule has 14 nitrogen and oxygen atoms in total. The number of rotatable bonds is 16. The topological polar surface area (TPSA) is 205 Å². The fourth-order valence-electron chi connectivity index (χ4n) is 15.9. The van der Waals surface area contributed by atoms with Gasteiger partial charge in [0.05, 0.1) is 34.2 Å². The van der Waals surface area contributed by atoms with Crippen molar-refractivity contribution in [2.45, 2.75) is 171 Å². The van der Waals surface area contributed by atoms with Gasteiger partial charge in [0.1, 0.15) is 47.2 Å². The molecule has 122 heavy (non-hydrogen) atoms. The average Bonchev–Trinajstić information content (AvgIpc) is 1.76. The smallest absolute Gasteiger partial charge is 0.251 e. The van der Waals surface area contributed by atoms with Crippen LogP contribution in [0.15, 0.2) is 287 Å². The maximum Gasteiger partial charge on any atom is 0.251 e. The molecule has 2 amide bonds. The molecule has 12 aromatic carbocycles. The zero-order chi connectivity index (χ0) is 87.3.